The third-order valence-electron chi connectivity index (χ3n) is 6.45. The lowest BCUT2D eigenvalue weighted by atomic mass is 9.86. The first kappa shape index (κ1) is 21.6. The molecule has 2 aromatic rings. The fourth-order valence-corrected chi connectivity index (χ4v) is 4.57. The van der Waals surface area contributed by atoms with Gasteiger partial charge < -0.3 is 14.8 Å². The van der Waals surface area contributed by atoms with Crippen molar-refractivity contribution in [1.82, 2.24) is 10.2 Å². The number of rotatable bonds is 8. The molecule has 1 N–H and O–H groups in total. The first-order valence-corrected chi connectivity index (χ1v) is 11.1. The maximum Gasteiger partial charge on any atom is 0.223 e. The molecule has 0 bridgehead atoms. The van der Waals surface area contributed by atoms with Crippen molar-refractivity contribution in [3.05, 3.63) is 58.9 Å². The van der Waals surface area contributed by atoms with Gasteiger partial charge in [-0.25, -0.2) is 4.39 Å². The fourth-order valence-electron chi connectivity index (χ4n) is 4.57. The van der Waals surface area contributed by atoms with Crippen LogP contribution in [-0.4, -0.2) is 37.6 Å². The van der Waals surface area contributed by atoms with E-state index in [9.17, 15) is 9.18 Å². The van der Waals surface area contributed by atoms with E-state index in [2.05, 4.69) is 17.1 Å². The largest absolute Gasteiger partial charge is 0.493 e. The Kier molecular flexibility index (Phi) is 6.46. The Morgan fingerprint density at radius 3 is 2.55 bits per heavy atom. The quantitative estimate of drug-likeness (QED) is 0.686. The molecule has 2 aromatic carbocycles. The number of hydrogen-bond donors (Lipinski definition) is 1. The van der Waals surface area contributed by atoms with Crippen molar-refractivity contribution >= 4 is 5.91 Å². The van der Waals surface area contributed by atoms with E-state index in [4.69, 9.17) is 9.47 Å². The molecule has 0 aromatic heterocycles. The lowest BCUT2D eigenvalue weighted by molar-refractivity contribution is -0.123. The molecule has 0 radical (unpaired) electrons. The van der Waals surface area contributed by atoms with E-state index in [1.807, 2.05) is 24.3 Å². The van der Waals surface area contributed by atoms with Crippen molar-refractivity contribution in [3.63, 3.8) is 0 Å². The highest BCUT2D eigenvalue weighted by molar-refractivity contribution is 5.81. The number of benzene rings is 2. The number of hydrogen-bond acceptors (Lipinski definition) is 4. The zero-order chi connectivity index (χ0) is 22.0. The number of amides is 1. The normalized spacial score (nSPS) is 19.4. The van der Waals surface area contributed by atoms with E-state index in [0.717, 1.165) is 37.8 Å². The van der Waals surface area contributed by atoms with Gasteiger partial charge >= 0.3 is 0 Å². The average Bonchev–Trinajstić information content (AvgIpc) is 3.63. The molecule has 0 unspecified atom stereocenters. The van der Waals surface area contributed by atoms with Gasteiger partial charge in [-0.3, -0.25) is 9.69 Å². The van der Waals surface area contributed by atoms with E-state index in [1.165, 1.54) is 11.6 Å². The van der Waals surface area contributed by atoms with Crippen LogP contribution in [0.25, 0.3) is 0 Å². The minimum atomic E-state index is -0.200. The molecular weight excluding hydrogens is 395 g/mol. The topological polar surface area (TPSA) is 50.8 Å². The highest BCUT2D eigenvalue weighted by Gasteiger charge is 2.38. The standard InChI is InChI=1S/C25H31FN2O3/c1-4-21(27-25(29)16-9-10-16)24-19-14-23(31-3)22(30-2)13-17(19)11-12-28(24)15-18-7-5-6-8-20(18)26/h5-8,13-14,16,21,24H,4,9-12,15H2,1-3H3,(H,27,29)/t21-,24-/m1/s1. The molecule has 0 spiro atoms. The lowest BCUT2D eigenvalue weighted by Gasteiger charge is -2.42. The van der Waals surface area contributed by atoms with Gasteiger partial charge in [0.2, 0.25) is 5.91 Å². The van der Waals surface area contributed by atoms with Crippen LogP contribution in [0.4, 0.5) is 4.39 Å². The molecule has 1 saturated carbocycles. The van der Waals surface area contributed by atoms with Crippen LogP contribution in [0.15, 0.2) is 36.4 Å². The van der Waals surface area contributed by atoms with E-state index in [-0.39, 0.29) is 29.7 Å². The Morgan fingerprint density at radius 2 is 1.90 bits per heavy atom. The molecule has 1 amide bonds. The third kappa shape index (κ3) is 4.54. The maximum absolute atomic E-state index is 14.5. The predicted octanol–water partition coefficient (Wildman–Crippen LogP) is 4.25. The van der Waals surface area contributed by atoms with Gasteiger partial charge in [0.15, 0.2) is 11.5 Å². The number of methoxy groups -OCH3 is 2. The van der Waals surface area contributed by atoms with Crippen molar-refractivity contribution in [2.75, 3.05) is 20.8 Å². The van der Waals surface area contributed by atoms with Crippen LogP contribution < -0.4 is 14.8 Å². The summed E-state index contributed by atoms with van der Waals surface area (Å²) in [6, 6.07) is 10.8. The molecule has 31 heavy (non-hydrogen) atoms. The van der Waals surface area contributed by atoms with Crippen molar-refractivity contribution in [3.8, 4) is 11.5 Å². The molecule has 5 nitrogen and oxygen atoms in total. The number of carbonyl (C=O) groups is 1. The third-order valence-corrected chi connectivity index (χ3v) is 6.45. The molecule has 1 aliphatic heterocycles. The monoisotopic (exact) mass is 426 g/mol. The van der Waals surface area contributed by atoms with Crippen LogP contribution in [0.3, 0.4) is 0 Å². The summed E-state index contributed by atoms with van der Waals surface area (Å²) in [7, 11) is 3.27. The number of halogens is 1. The van der Waals surface area contributed by atoms with Gasteiger partial charge in [0.1, 0.15) is 5.82 Å². The first-order chi connectivity index (χ1) is 15.0. The number of carbonyl (C=O) groups excluding carboxylic acids is 1. The summed E-state index contributed by atoms with van der Waals surface area (Å²) in [5.41, 5.74) is 2.97. The molecule has 2 aliphatic rings. The number of fused-ring (bicyclic) bond motifs is 1. The summed E-state index contributed by atoms with van der Waals surface area (Å²) in [4.78, 5) is 14.9. The minimum absolute atomic E-state index is 0.0722. The summed E-state index contributed by atoms with van der Waals surface area (Å²) in [5.74, 6) is 1.45. The van der Waals surface area contributed by atoms with E-state index >= 15 is 0 Å². The maximum atomic E-state index is 14.5. The second kappa shape index (κ2) is 9.27. The highest BCUT2D eigenvalue weighted by atomic mass is 19.1. The summed E-state index contributed by atoms with van der Waals surface area (Å²) < 4.78 is 25.5. The van der Waals surface area contributed by atoms with Gasteiger partial charge in [-0.05, 0) is 55.0 Å². The highest BCUT2D eigenvalue weighted by Crippen LogP contribution is 2.41. The van der Waals surface area contributed by atoms with Crippen LogP contribution in [-0.2, 0) is 17.8 Å². The van der Waals surface area contributed by atoms with E-state index in [1.54, 1.807) is 20.3 Å². The molecule has 6 heteroatoms. The molecule has 1 heterocycles. The van der Waals surface area contributed by atoms with Crippen molar-refractivity contribution in [2.45, 2.75) is 51.2 Å². The van der Waals surface area contributed by atoms with Crippen molar-refractivity contribution in [2.24, 2.45) is 5.92 Å². The molecule has 2 atom stereocenters. The Balaban J connectivity index is 1.72. The second-order valence-corrected chi connectivity index (χ2v) is 8.46. The second-order valence-electron chi connectivity index (χ2n) is 8.46. The lowest BCUT2D eigenvalue weighted by Crippen LogP contribution is -2.49. The molecular formula is C25H31FN2O3. The molecule has 1 aliphatic carbocycles. The average molecular weight is 427 g/mol. The van der Waals surface area contributed by atoms with Gasteiger partial charge in [-0.1, -0.05) is 25.1 Å². The van der Waals surface area contributed by atoms with Crippen molar-refractivity contribution < 1.29 is 18.7 Å². The smallest absolute Gasteiger partial charge is 0.223 e. The zero-order valence-electron chi connectivity index (χ0n) is 18.5. The Morgan fingerprint density at radius 1 is 1.19 bits per heavy atom. The number of nitrogens with zero attached hydrogens (tertiary/aromatic N) is 1. The van der Waals surface area contributed by atoms with Gasteiger partial charge in [0.05, 0.1) is 20.3 Å². The zero-order valence-corrected chi connectivity index (χ0v) is 18.5. The van der Waals surface area contributed by atoms with Gasteiger partial charge in [-0.2, -0.15) is 0 Å². The van der Waals surface area contributed by atoms with Gasteiger partial charge in [-0.15, -0.1) is 0 Å². The SMILES string of the molecule is CC[C@@H](NC(=O)C1CC1)[C@H]1c2cc(OC)c(OC)cc2CCN1Cc1ccccc1F. The van der Waals surface area contributed by atoms with Crippen LogP contribution in [0.1, 0.15) is 48.9 Å². The predicted molar refractivity (Wildman–Crippen MR) is 118 cm³/mol. The van der Waals surface area contributed by atoms with Crippen LogP contribution in [0.5, 0.6) is 11.5 Å². The van der Waals surface area contributed by atoms with E-state index < -0.39 is 0 Å². The van der Waals surface area contributed by atoms with Crippen molar-refractivity contribution in [1.29, 1.82) is 0 Å². The Bertz CT molecular complexity index is 944. The molecule has 0 saturated heterocycles. The Hall–Kier alpha value is -2.60. The van der Waals surface area contributed by atoms with Gasteiger partial charge in [0, 0.05) is 30.6 Å². The van der Waals surface area contributed by atoms with Gasteiger partial charge in [0.25, 0.3) is 0 Å². The van der Waals surface area contributed by atoms with Crippen LogP contribution in [0.2, 0.25) is 0 Å². The first-order valence-electron chi connectivity index (χ1n) is 11.1. The summed E-state index contributed by atoms with van der Waals surface area (Å²) in [6.07, 6.45) is 3.54. The Labute approximate surface area is 183 Å². The fraction of sp³-hybridized carbons (Fsp3) is 0.480. The number of nitrogens with one attached hydrogen (secondary N) is 1. The molecule has 1 fully saturated rings. The molecule has 166 valence electrons. The number of ether oxygens (including phenoxy) is 2. The molecule has 4 rings (SSSR count). The minimum Gasteiger partial charge on any atom is -0.493 e. The van der Waals surface area contributed by atoms with Crippen LogP contribution in [0, 0.1) is 11.7 Å². The summed E-state index contributed by atoms with van der Waals surface area (Å²) >= 11 is 0. The van der Waals surface area contributed by atoms with E-state index in [0.29, 0.717) is 23.6 Å². The summed E-state index contributed by atoms with van der Waals surface area (Å²) in [6.45, 7) is 3.35. The summed E-state index contributed by atoms with van der Waals surface area (Å²) in [5, 5.41) is 3.29. The van der Waals surface area contributed by atoms with Crippen LogP contribution >= 0.6 is 0 Å².